The fraction of sp³-hybridized carbons (Fsp3) is 0.966. The smallest absolute Gasteiger partial charge is 0.302 e. The van der Waals surface area contributed by atoms with Crippen LogP contribution in [0, 0.1) is 52.3 Å². The molecule has 4 rings (SSSR count). The lowest BCUT2D eigenvalue weighted by Gasteiger charge is -2.61. The Labute approximate surface area is 192 Å². The van der Waals surface area contributed by atoms with E-state index >= 15 is 0 Å². The third-order valence-electron chi connectivity index (χ3n) is 11.3. The first kappa shape index (κ1) is 23.6. The lowest BCUT2D eigenvalue weighted by Crippen LogP contribution is -2.53. The minimum atomic E-state index is -0.142. The van der Waals surface area contributed by atoms with Crippen LogP contribution >= 0.6 is 0 Å². The number of hydrogen-bond donors (Lipinski definition) is 0. The fourth-order valence-corrected chi connectivity index (χ4v) is 9.60. The van der Waals surface area contributed by atoms with Crippen LogP contribution in [-0.4, -0.2) is 12.6 Å². The molecule has 31 heavy (non-hydrogen) atoms. The second-order valence-corrected chi connectivity index (χ2v) is 12.9. The molecular formula is C29H50O2. The number of carbonyl (C=O) groups is 1. The van der Waals surface area contributed by atoms with Gasteiger partial charge < -0.3 is 4.74 Å². The molecule has 0 aromatic heterocycles. The van der Waals surface area contributed by atoms with Crippen molar-refractivity contribution < 1.29 is 9.53 Å². The number of hydrogen-bond acceptors (Lipinski definition) is 2. The van der Waals surface area contributed by atoms with E-state index in [9.17, 15) is 4.79 Å². The molecule has 0 saturated heterocycles. The van der Waals surface area contributed by atoms with Gasteiger partial charge in [0.05, 0.1) is 6.61 Å². The Balaban J connectivity index is 1.34. The van der Waals surface area contributed by atoms with E-state index in [0.29, 0.717) is 23.4 Å². The second kappa shape index (κ2) is 9.38. The molecule has 0 aromatic rings. The SMILES string of the molecule is CC(=O)OCC(C)CCC[C@@H](C)[C@H]1CC[C@H]2[C@@H]3CC[C@H]4CCCC[C@]4(C)[C@H]3CC[C@]12C. The Morgan fingerprint density at radius 3 is 2.45 bits per heavy atom. The van der Waals surface area contributed by atoms with Gasteiger partial charge in [0.25, 0.3) is 0 Å². The summed E-state index contributed by atoms with van der Waals surface area (Å²) in [5, 5.41) is 0. The maximum absolute atomic E-state index is 11.0. The van der Waals surface area contributed by atoms with Crippen molar-refractivity contribution in [2.75, 3.05) is 6.61 Å². The van der Waals surface area contributed by atoms with Crippen molar-refractivity contribution in [3.05, 3.63) is 0 Å². The van der Waals surface area contributed by atoms with E-state index in [-0.39, 0.29) is 5.97 Å². The van der Waals surface area contributed by atoms with E-state index < -0.39 is 0 Å². The normalized spacial score (nSPS) is 44.0. The fourth-order valence-electron chi connectivity index (χ4n) is 9.60. The van der Waals surface area contributed by atoms with Gasteiger partial charge in [-0.25, -0.2) is 0 Å². The number of rotatable bonds is 7. The minimum Gasteiger partial charge on any atom is -0.466 e. The van der Waals surface area contributed by atoms with Crippen molar-refractivity contribution in [2.24, 2.45) is 52.3 Å². The molecule has 2 nitrogen and oxygen atoms in total. The summed E-state index contributed by atoms with van der Waals surface area (Å²) in [4.78, 5) is 11.0. The molecule has 178 valence electrons. The minimum absolute atomic E-state index is 0.142. The highest BCUT2D eigenvalue weighted by Gasteiger charge is 2.59. The molecule has 0 aromatic carbocycles. The van der Waals surface area contributed by atoms with Gasteiger partial charge in [0.2, 0.25) is 0 Å². The number of ether oxygens (including phenoxy) is 1. The summed E-state index contributed by atoms with van der Waals surface area (Å²) < 4.78 is 5.20. The first-order valence-electron chi connectivity index (χ1n) is 13.9. The van der Waals surface area contributed by atoms with Crippen LogP contribution < -0.4 is 0 Å². The molecule has 2 heteroatoms. The van der Waals surface area contributed by atoms with Crippen molar-refractivity contribution in [2.45, 2.75) is 118 Å². The van der Waals surface area contributed by atoms with Crippen molar-refractivity contribution in [1.29, 1.82) is 0 Å². The summed E-state index contributed by atoms with van der Waals surface area (Å²) >= 11 is 0. The molecule has 0 bridgehead atoms. The Bertz CT molecular complexity index is 628. The third-order valence-corrected chi connectivity index (χ3v) is 11.3. The van der Waals surface area contributed by atoms with E-state index in [1.807, 2.05) is 0 Å². The average molecular weight is 431 g/mol. The molecule has 4 fully saturated rings. The first-order valence-corrected chi connectivity index (χ1v) is 13.9. The van der Waals surface area contributed by atoms with Gasteiger partial charge in [0.15, 0.2) is 0 Å². The summed E-state index contributed by atoms with van der Waals surface area (Å²) in [7, 11) is 0. The zero-order chi connectivity index (χ0) is 22.2. The van der Waals surface area contributed by atoms with Crippen LogP contribution in [-0.2, 0) is 9.53 Å². The number of fused-ring (bicyclic) bond motifs is 5. The lowest BCUT2D eigenvalue weighted by atomic mass is 9.44. The molecule has 9 atom stereocenters. The van der Waals surface area contributed by atoms with E-state index in [1.165, 1.54) is 84.0 Å². The standard InChI is InChI=1S/C29H50O2/c1-20(19-31-22(3)30)9-8-10-21(2)25-14-15-26-24-13-12-23-11-6-7-17-28(23,4)27(24)16-18-29(25,26)5/h20-21,23-27H,6-19H2,1-5H3/t20?,21-,23-,24+,25-,26+,27+,28+,29-/m1/s1. The summed E-state index contributed by atoms with van der Waals surface area (Å²) in [6, 6.07) is 0. The highest BCUT2D eigenvalue weighted by atomic mass is 16.5. The Kier molecular flexibility index (Phi) is 7.15. The van der Waals surface area contributed by atoms with Gasteiger partial charge in [-0.2, -0.15) is 0 Å². The summed E-state index contributed by atoms with van der Waals surface area (Å²) in [5.74, 6) is 6.22. The maximum Gasteiger partial charge on any atom is 0.302 e. The third kappa shape index (κ3) is 4.48. The molecule has 0 radical (unpaired) electrons. The van der Waals surface area contributed by atoms with Crippen LogP contribution in [0.1, 0.15) is 118 Å². The Hall–Kier alpha value is -0.530. The number of esters is 1. The predicted octanol–water partition coefficient (Wildman–Crippen LogP) is 8.04. The van der Waals surface area contributed by atoms with Gasteiger partial charge in [0, 0.05) is 6.92 Å². The van der Waals surface area contributed by atoms with Crippen LogP contribution in [0.4, 0.5) is 0 Å². The van der Waals surface area contributed by atoms with Crippen LogP contribution in [0.5, 0.6) is 0 Å². The molecule has 0 spiro atoms. The monoisotopic (exact) mass is 430 g/mol. The highest BCUT2D eigenvalue weighted by Crippen LogP contribution is 2.68. The molecule has 4 aliphatic rings. The van der Waals surface area contributed by atoms with Crippen molar-refractivity contribution in [1.82, 2.24) is 0 Å². The van der Waals surface area contributed by atoms with Gasteiger partial charge >= 0.3 is 5.97 Å². The van der Waals surface area contributed by atoms with Crippen molar-refractivity contribution >= 4 is 5.97 Å². The van der Waals surface area contributed by atoms with Gasteiger partial charge in [-0.15, -0.1) is 0 Å². The lowest BCUT2D eigenvalue weighted by molar-refractivity contribution is -0.142. The van der Waals surface area contributed by atoms with Crippen LogP contribution in [0.15, 0.2) is 0 Å². The summed E-state index contributed by atoms with van der Waals surface area (Å²) in [5.41, 5.74) is 1.27. The van der Waals surface area contributed by atoms with Gasteiger partial charge in [-0.05, 0) is 110 Å². The summed E-state index contributed by atoms with van der Waals surface area (Å²) in [6.45, 7) is 12.3. The van der Waals surface area contributed by atoms with E-state index in [2.05, 4.69) is 27.7 Å². The van der Waals surface area contributed by atoms with Gasteiger partial charge in [0.1, 0.15) is 0 Å². The zero-order valence-electron chi connectivity index (χ0n) is 21.3. The molecule has 4 aliphatic carbocycles. The molecule has 0 aliphatic heterocycles. The van der Waals surface area contributed by atoms with Gasteiger partial charge in [-0.3, -0.25) is 4.79 Å². The zero-order valence-corrected chi connectivity index (χ0v) is 21.3. The largest absolute Gasteiger partial charge is 0.466 e. The average Bonchev–Trinajstić information content (AvgIpc) is 3.09. The van der Waals surface area contributed by atoms with Crippen LogP contribution in [0.25, 0.3) is 0 Å². The van der Waals surface area contributed by atoms with Crippen molar-refractivity contribution in [3.63, 3.8) is 0 Å². The molecular weight excluding hydrogens is 380 g/mol. The van der Waals surface area contributed by atoms with Crippen LogP contribution in [0.3, 0.4) is 0 Å². The molecule has 0 heterocycles. The second-order valence-electron chi connectivity index (χ2n) is 12.9. The van der Waals surface area contributed by atoms with Crippen molar-refractivity contribution in [3.8, 4) is 0 Å². The van der Waals surface area contributed by atoms with Gasteiger partial charge in [-0.1, -0.05) is 53.4 Å². The molecule has 0 N–H and O–H groups in total. The van der Waals surface area contributed by atoms with Crippen LogP contribution in [0.2, 0.25) is 0 Å². The highest BCUT2D eigenvalue weighted by molar-refractivity contribution is 5.65. The molecule has 0 amide bonds. The quantitative estimate of drug-likeness (QED) is 0.382. The Morgan fingerprint density at radius 2 is 1.68 bits per heavy atom. The molecule has 1 unspecified atom stereocenters. The van der Waals surface area contributed by atoms with E-state index in [4.69, 9.17) is 4.74 Å². The maximum atomic E-state index is 11.0. The van der Waals surface area contributed by atoms with E-state index in [0.717, 1.165) is 35.5 Å². The summed E-state index contributed by atoms with van der Waals surface area (Å²) in [6.07, 6.45) is 18.9. The Morgan fingerprint density at radius 1 is 0.903 bits per heavy atom. The predicted molar refractivity (Wildman–Crippen MR) is 129 cm³/mol. The first-order chi connectivity index (χ1) is 14.8. The van der Waals surface area contributed by atoms with E-state index in [1.54, 1.807) is 6.42 Å². The molecule has 4 saturated carbocycles. The topological polar surface area (TPSA) is 26.3 Å². The number of carbonyl (C=O) groups excluding carboxylic acids is 1.